The zero-order valence-electron chi connectivity index (χ0n) is 11.2. The van der Waals surface area contributed by atoms with E-state index in [1.165, 1.54) is 0 Å². The molecule has 0 spiro atoms. The highest BCUT2D eigenvalue weighted by Crippen LogP contribution is 2.24. The number of ether oxygens (including phenoxy) is 1. The quantitative estimate of drug-likeness (QED) is 0.813. The average molecular weight is 290 g/mol. The summed E-state index contributed by atoms with van der Waals surface area (Å²) in [5.74, 6) is 2.02. The summed E-state index contributed by atoms with van der Waals surface area (Å²) in [6.45, 7) is 2.53. The highest BCUT2D eigenvalue weighted by Gasteiger charge is 2.20. The van der Waals surface area contributed by atoms with Crippen LogP contribution in [-0.2, 0) is 17.7 Å². The van der Waals surface area contributed by atoms with Crippen LogP contribution in [0.1, 0.15) is 17.8 Å². The molecule has 4 nitrogen and oxygen atoms in total. The minimum absolute atomic E-state index is 0.521. The first-order valence-corrected chi connectivity index (χ1v) is 7.39. The molecule has 1 unspecified atom stereocenters. The third-order valence-corrected chi connectivity index (χ3v) is 3.95. The Hall–Kier alpha value is -1.57. The molecule has 0 amide bonds. The van der Waals surface area contributed by atoms with E-state index in [-0.39, 0.29) is 0 Å². The van der Waals surface area contributed by atoms with Crippen LogP contribution in [-0.4, -0.2) is 28.6 Å². The van der Waals surface area contributed by atoms with Gasteiger partial charge in [0, 0.05) is 31.4 Å². The van der Waals surface area contributed by atoms with Crippen molar-refractivity contribution in [3.63, 3.8) is 0 Å². The molecule has 0 saturated carbocycles. The van der Waals surface area contributed by atoms with E-state index in [4.69, 9.17) is 16.3 Å². The standard InChI is InChI=1S/C15H16ClN3O/c16-6-4-14-18-15-12(8-17)2-1-3-13(15)19(14)9-11-5-7-20-10-11/h1-3,11H,4-7,9-10H2. The minimum atomic E-state index is 0.521. The summed E-state index contributed by atoms with van der Waals surface area (Å²) in [6.07, 6.45) is 1.80. The molecular formula is C15H16ClN3O. The number of alkyl halides is 1. The monoisotopic (exact) mass is 289 g/mol. The summed E-state index contributed by atoms with van der Waals surface area (Å²) in [7, 11) is 0. The Morgan fingerprint density at radius 3 is 3.10 bits per heavy atom. The Morgan fingerprint density at radius 1 is 1.50 bits per heavy atom. The largest absolute Gasteiger partial charge is 0.381 e. The van der Waals surface area contributed by atoms with Crippen LogP contribution in [0.4, 0.5) is 0 Å². The number of rotatable bonds is 4. The molecule has 1 fully saturated rings. The number of halogens is 1. The molecule has 20 heavy (non-hydrogen) atoms. The number of benzene rings is 1. The van der Waals surface area contributed by atoms with Crippen molar-refractivity contribution in [3.8, 4) is 6.07 Å². The second-order valence-electron chi connectivity index (χ2n) is 5.09. The van der Waals surface area contributed by atoms with Gasteiger partial charge >= 0.3 is 0 Å². The smallest absolute Gasteiger partial charge is 0.111 e. The van der Waals surface area contributed by atoms with Gasteiger partial charge in [-0.2, -0.15) is 5.26 Å². The lowest BCUT2D eigenvalue weighted by Gasteiger charge is -2.12. The Bertz CT molecular complexity index is 653. The van der Waals surface area contributed by atoms with E-state index in [1.807, 2.05) is 18.2 Å². The molecule has 1 saturated heterocycles. The number of aromatic nitrogens is 2. The van der Waals surface area contributed by atoms with Crippen LogP contribution in [0.2, 0.25) is 0 Å². The number of nitrogens with zero attached hydrogens (tertiary/aromatic N) is 3. The van der Waals surface area contributed by atoms with Crippen molar-refractivity contribution in [2.24, 2.45) is 5.92 Å². The van der Waals surface area contributed by atoms with Gasteiger partial charge in [-0.3, -0.25) is 0 Å². The minimum Gasteiger partial charge on any atom is -0.381 e. The summed E-state index contributed by atoms with van der Waals surface area (Å²) in [5, 5.41) is 9.20. The van der Waals surface area contributed by atoms with Gasteiger partial charge in [0.1, 0.15) is 17.4 Å². The number of imidazole rings is 1. The van der Waals surface area contributed by atoms with Gasteiger partial charge in [0.25, 0.3) is 0 Å². The van der Waals surface area contributed by atoms with Crippen LogP contribution in [0, 0.1) is 17.2 Å². The Balaban J connectivity index is 2.06. The SMILES string of the molecule is N#Cc1cccc2c1nc(CCCl)n2CC1CCOC1. The Kier molecular flexibility index (Phi) is 3.90. The zero-order valence-corrected chi connectivity index (χ0v) is 11.9. The fraction of sp³-hybridized carbons (Fsp3) is 0.467. The highest BCUT2D eigenvalue weighted by molar-refractivity contribution is 6.17. The van der Waals surface area contributed by atoms with Crippen molar-refractivity contribution in [1.29, 1.82) is 5.26 Å². The van der Waals surface area contributed by atoms with E-state index in [2.05, 4.69) is 15.6 Å². The number of para-hydroxylation sites is 1. The summed E-state index contributed by atoms with van der Waals surface area (Å²) in [5.41, 5.74) is 2.44. The van der Waals surface area contributed by atoms with Crippen molar-refractivity contribution < 1.29 is 4.74 Å². The maximum atomic E-state index is 9.20. The molecule has 0 aliphatic carbocycles. The third-order valence-electron chi connectivity index (χ3n) is 3.76. The van der Waals surface area contributed by atoms with Crippen LogP contribution in [0.25, 0.3) is 11.0 Å². The fourth-order valence-electron chi connectivity index (χ4n) is 2.75. The molecule has 1 aromatic heterocycles. The van der Waals surface area contributed by atoms with E-state index in [1.54, 1.807) is 0 Å². The number of hydrogen-bond donors (Lipinski definition) is 0. The second-order valence-corrected chi connectivity index (χ2v) is 5.47. The lowest BCUT2D eigenvalue weighted by molar-refractivity contribution is 0.182. The predicted molar refractivity (Wildman–Crippen MR) is 77.8 cm³/mol. The fourth-order valence-corrected chi connectivity index (χ4v) is 2.92. The Morgan fingerprint density at radius 2 is 2.40 bits per heavy atom. The molecule has 104 valence electrons. The van der Waals surface area contributed by atoms with Gasteiger partial charge in [0.2, 0.25) is 0 Å². The maximum Gasteiger partial charge on any atom is 0.111 e. The van der Waals surface area contributed by atoms with E-state index in [0.29, 0.717) is 23.8 Å². The average Bonchev–Trinajstić information content (AvgIpc) is 3.08. The van der Waals surface area contributed by atoms with E-state index in [9.17, 15) is 5.26 Å². The number of fused-ring (bicyclic) bond motifs is 1. The zero-order chi connectivity index (χ0) is 13.9. The lowest BCUT2D eigenvalue weighted by Crippen LogP contribution is -2.13. The summed E-state index contributed by atoms with van der Waals surface area (Å²) in [4.78, 5) is 4.63. The lowest BCUT2D eigenvalue weighted by atomic mass is 10.1. The van der Waals surface area contributed by atoms with Crippen molar-refractivity contribution in [2.45, 2.75) is 19.4 Å². The highest BCUT2D eigenvalue weighted by atomic mass is 35.5. The van der Waals surface area contributed by atoms with Crippen LogP contribution in [0.15, 0.2) is 18.2 Å². The van der Waals surface area contributed by atoms with Crippen molar-refractivity contribution >= 4 is 22.6 Å². The van der Waals surface area contributed by atoms with E-state index >= 15 is 0 Å². The molecule has 5 heteroatoms. The first kappa shape index (κ1) is 13.4. The van der Waals surface area contributed by atoms with Crippen LogP contribution in [0.5, 0.6) is 0 Å². The van der Waals surface area contributed by atoms with Crippen molar-refractivity contribution in [2.75, 3.05) is 19.1 Å². The van der Waals surface area contributed by atoms with Gasteiger partial charge in [-0.25, -0.2) is 4.98 Å². The van der Waals surface area contributed by atoms with Gasteiger partial charge in [0.15, 0.2) is 0 Å². The van der Waals surface area contributed by atoms with Crippen molar-refractivity contribution in [1.82, 2.24) is 9.55 Å². The summed E-state index contributed by atoms with van der Waals surface area (Å²) >= 11 is 5.88. The van der Waals surface area contributed by atoms with Gasteiger partial charge in [-0.15, -0.1) is 11.6 Å². The predicted octanol–water partition coefficient (Wildman–Crippen LogP) is 2.73. The third kappa shape index (κ3) is 2.39. The molecule has 2 aromatic rings. The van der Waals surface area contributed by atoms with Gasteiger partial charge in [-0.1, -0.05) is 6.07 Å². The van der Waals surface area contributed by atoms with Crippen LogP contribution >= 0.6 is 11.6 Å². The number of aryl methyl sites for hydroxylation is 1. The molecule has 1 aliphatic heterocycles. The normalized spacial score (nSPS) is 18.5. The molecular weight excluding hydrogens is 274 g/mol. The van der Waals surface area contributed by atoms with Crippen LogP contribution < -0.4 is 0 Å². The molecule has 1 atom stereocenters. The number of hydrogen-bond acceptors (Lipinski definition) is 3. The Labute approximate surface area is 122 Å². The second kappa shape index (κ2) is 5.82. The van der Waals surface area contributed by atoms with Gasteiger partial charge < -0.3 is 9.30 Å². The molecule has 1 aliphatic rings. The molecule has 0 N–H and O–H groups in total. The summed E-state index contributed by atoms with van der Waals surface area (Å²) in [6, 6.07) is 7.96. The first-order valence-electron chi connectivity index (χ1n) is 6.85. The topological polar surface area (TPSA) is 50.8 Å². The van der Waals surface area contributed by atoms with Gasteiger partial charge in [-0.05, 0) is 18.6 Å². The molecule has 0 bridgehead atoms. The van der Waals surface area contributed by atoms with E-state index in [0.717, 1.165) is 43.0 Å². The maximum absolute atomic E-state index is 9.20. The molecule has 3 rings (SSSR count). The van der Waals surface area contributed by atoms with E-state index < -0.39 is 0 Å². The first-order chi connectivity index (χ1) is 9.83. The van der Waals surface area contributed by atoms with Crippen LogP contribution in [0.3, 0.4) is 0 Å². The molecule has 2 heterocycles. The van der Waals surface area contributed by atoms with Crippen molar-refractivity contribution in [3.05, 3.63) is 29.6 Å². The molecule has 1 aromatic carbocycles. The summed E-state index contributed by atoms with van der Waals surface area (Å²) < 4.78 is 7.66. The molecule has 0 radical (unpaired) electrons. The van der Waals surface area contributed by atoms with Gasteiger partial charge in [0.05, 0.1) is 17.7 Å². The number of nitriles is 1.